The van der Waals surface area contributed by atoms with Crippen molar-refractivity contribution in [2.24, 2.45) is 0 Å². The number of sulfone groups is 1. The average molecular weight is 374 g/mol. The summed E-state index contributed by atoms with van der Waals surface area (Å²) in [5.74, 6) is 0.326. The Morgan fingerprint density at radius 2 is 1.63 bits per heavy atom. The molecule has 5 aromatic rings. The largest absolute Gasteiger partial charge is 0.455 e. The lowest BCUT2D eigenvalue weighted by Crippen LogP contribution is -2.02. The smallest absolute Gasteiger partial charge is 0.211 e. The molecule has 132 valence electrons. The molecular weight excluding hydrogens is 360 g/mol. The second-order valence-electron chi connectivity index (χ2n) is 6.17. The van der Waals surface area contributed by atoms with Crippen molar-refractivity contribution in [2.45, 2.75) is 9.79 Å². The molecule has 0 saturated heterocycles. The van der Waals surface area contributed by atoms with Crippen molar-refractivity contribution < 1.29 is 12.8 Å². The molecule has 27 heavy (non-hydrogen) atoms. The van der Waals surface area contributed by atoms with Crippen molar-refractivity contribution in [1.82, 2.24) is 9.97 Å². The van der Waals surface area contributed by atoms with E-state index in [2.05, 4.69) is 9.97 Å². The molecular formula is C21H14N2O3S. The lowest BCUT2D eigenvalue weighted by Gasteiger charge is -2.07. The topological polar surface area (TPSA) is 76.0 Å². The Morgan fingerprint density at radius 3 is 2.48 bits per heavy atom. The summed E-state index contributed by atoms with van der Waals surface area (Å²) in [4.78, 5) is 7.75. The van der Waals surface area contributed by atoms with Crippen LogP contribution in [0.2, 0.25) is 0 Å². The molecule has 0 saturated carbocycles. The third-order valence-electron chi connectivity index (χ3n) is 4.58. The third-order valence-corrected chi connectivity index (χ3v) is 6.41. The van der Waals surface area contributed by atoms with Crippen LogP contribution in [-0.4, -0.2) is 18.4 Å². The van der Waals surface area contributed by atoms with Crippen LogP contribution in [0.25, 0.3) is 33.3 Å². The van der Waals surface area contributed by atoms with Crippen molar-refractivity contribution in [3.05, 3.63) is 79.1 Å². The molecule has 5 rings (SSSR count). The molecule has 0 amide bonds. The lowest BCUT2D eigenvalue weighted by molar-refractivity contribution is 0.590. The Bertz CT molecular complexity index is 1380. The molecule has 0 radical (unpaired) electrons. The number of rotatable bonds is 3. The van der Waals surface area contributed by atoms with Gasteiger partial charge in [-0.2, -0.15) is 0 Å². The molecule has 0 atom stereocenters. The number of H-pyrrole nitrogens is 1. The molecule has 0 unspecified atom stereocenters. The van der Waals surface area contributed by atoms with Gasteiger partial charge in [0.2, 0.25) is 9.84 Å². The van der Waals surface area contributed by atoms with Crippen LogP contribution in [0.4, 0.5) is 0 Å². The number of para-hydroxylation sites is 1. The molecule has 0 aliphatic heterocycles. The first-order valence-corrected chi connectivity index (χ1v) is 9.89. The van der Waals surface area contributed by atoms with Crippen LogP contribution in [-0.2, 0) is 9.84 Å². The van der Waals surface area contributed by atoms with E-state index in [1.54, 1.807) is 60.9 Å². The fourth-order valence-corrected chi connectivity index (χ4v) is 4.95. The van der Waals surface area contributed by atoms with Crippen molar-refractivity contribution in [3.8, 4) is 11.3 Å². The summed E-state index contributed by atoms with van der Waals surface area (Å²) in [6.07, 6.45) is 3.41. The predicted octanol–water partition coefficient (Wildman–Crippen LogP) is 4.81. The number of benzene rings is 2. The minimum Gasteiger partial charge on any atom is -0.455 e. The third kappa shape index (κ3) is 2.38. The van der Waals surface area contributed by atoms with Gasteiger partial charge in [0.05, 0.1) is 4.90 Å². The number of hydrogen-bond acceptors (Lipinski definition) is 4. The van der Waals surface area contributed by atoms with Crippen LogP contribution in [0.3, 0.4) is 0 Å². The summed E-state index contributed by atoms with van der Waals surface area (Å²) >= 11 is 0. The van der Waals surface area contributed by atoms with E-state index in [-0.39, 0.29) is 9.79 Å². The highest BCUT2D eigenvalue weighted by molar-refractivity contribution is 7.91. The van der Waals surface area contributed by atoms with E-state index in [0.717, 1.165) is 5.39 Å². The Hall–Kier alpha value is -3.38. The summed E-state index contributed by atoms with van der Waals surface area (Å²) in [5, 5.41) is 1.37. The monoisotopic (exact) mass is 374 g/mol. The van der Waals surface area contributed by atoms with Crippen LogP contribution in [0.5, 0.6) is 0 Å². The van der Waals surface area contributed by atoms with Crippen LogP contribution in [0.15, 0.2) is 93.3 Å². The SMILES string of the molecule is O=S(=O)(c1ccccc1)c1c(-c2ccnc3[nH]ccc23)oc2ccccc12. The number of pyridine rings is 1. The lowest BCUT2D eigenvalue weighted by atomic mass is 10.1. The molecule has 6 heteroatoms. The second kappa shape index (κ2) is 5.82. The van der Waals surface area contributed by atoms with Crippen LogP contribution >= 0.6 is 0 Å². The number of aromatic nitrogens is 2. The van der Waals surface area contributed by atoms with Gasteiger partial charge in [-0.15, -0.1) is 0 Å². The maximum Gasteiger partial charge on any atom is 0.211 e. The number of hydrogen-bond donors (Lipinski definition) is 1. The molecule has 3 heterocycles. The van der Waals surface area contributed by atoms with Crippen molar-refractivity contribution in [1.29, 1.82) is 0 Å². The first-order chi connectivity index (χ1) is 13.2. The molecule has 3 aromatic heterocycles. The Morgan fingerprint density at radius 1 is 0.852 bits per heavy atom. The standard InChI is InChI=1S/C21H14N2O3S/c24-27(25,14-6-2-1-3-7-14)20-17-8-4-5-9-18(17)26-19(20)15-10-12-22-21-16(15)11-13-23-21/h1-13H,(H,22,23). The molecule has 0 fully saturated rings. The van der Waals surface area contributed by atoms with Crippen LogP contribution < -0.4 is 0 Å². The minimum atomic E-state index is -3.78. The van der Waals surface area contributed by atoms with Crippen LogP contribution in [0.1, 0.15) is 0 Å². The van der Waals surface area contributed by atoms with E-state index in [0.29, 0.717) is 27.9 Å². The molecule has 0 aliphatic carbocycles. The van der Waals surface area contributed by atoms with E-state index in [4.69, 9.17) is 4.42 Å². The molecule has 2 aromatic carbocycles. The number of nitrogens with zero attached hydrogens (tertiary/aromatic N) is 1. The highest BCUT2D eigenvalue weighted by Crippen LogP contribution is 2.41. The van der Waals surface area contributed by atoms with Gasteiger partial charge >= 0.3 is 0 Å². The number of nitrogens with one attached hydrogen (secondary N) is 1. The summed E-state index contributed by atoms with van der Waals surface area (Å²) in [5.41, 5.74) is 1.89. The van der Waals surface area contributed by atoms with Gasteiger partial charge in [-0.25, -0.2) is 13.4 Å². The van der Waals surface area contributed by atoms with E-state index in [1.165, 1.54) is 0 Å². The summed E-state index contributed by atoms with van der Waals surface area (Å²) in [6.45, 7) is 0. The zero-order valence-electron chi connectivity index (χ0n) is 14.1. The van der Waals surface area contributed by atoms with Gasteiger partial charge < -0.3 is 9.40 Å². The number of furan rings is 1. The maximum atomic E-state index is 13.5. The van der Waals surface area contributed by atoms with Gasteiger partial charge in [-0.3, -0.25) is 0 Å². The second-order valence-corrected chi connectivity index (χ2v) is 8.06. The van der Waals surface area contributed by atoms with Gasteiger partial charge in [-0.1, -0.05) is 30.3 Å². The molecule has 0 spiro atoms. The number of aromatic amines is 1. The van der Waals surface area contributed by atoms with Gasteiger partial charge in [0.15, 0.2) is 5.76 Å². The first-order valence-electron chi connectivity index (χ1n) is 8.40. The van der Waals surface area contributed by atoms with Crippen molar-refractivity contribution >= 4 is 31.8 Å². The Labute approximate surface area is 155 Å². The highest BCUT2D eigenvalue weighted by Gasteiger charge is 2.29. The fraction of sp³-hybridized carbons (Fsp3) is 0. The normalized spacial score (nSPS) is 12.0. The summed E-state index contributed by atoms with van der Waals surface area (Å²) < 4.78 is 33.0. The Balaban J connectivity index is 1.90. The summed E-state index contributed by atoms with van der Waals surface area (Å²) in [7, 11) is -3.78. The first kappa shape index (κ1) is 15.8. The molecule has 0 bridgehead atoms. The number of fused-ring (bicyclic) bond motifs is 2. The predicted molar refractivity (Wildman–Crippen MR) is 103 cm³/mol. The zero-order chi connectivity index (χ0) is 18.4. The fourth-order valence-electron chi connectivity index (χ4n) is 3.34. The van der Waals surface area contributed by atoms with Gasteiger partial charge in [0, 0.05) is 28.7 Å². The van der Waals surface area contributed by atoms with Gasteiger partial charge in [-0.05, 0) is 36.4 Å². The van der Waals surface area contributed by atoms with Gasteiger partial charge in [0.25, 0.3) is 0 Å². The Kier molecular flexibility index (Phi) is 3.42. The summed E-state index contributed by atoms with van der Waals surface area (Å²) in [6, 6.07) is 19.2. The van der Waals surface area contributed by atoms with E-state index >= 15 is 0 Å². The van der Waals surface area contributed by atoms with E-state index in [9.17, 15) is 8.42 Å². The highest BCUT2D eigenvalue weighted by atomic mass is 32.2. The zero-order valence-corrected chi connectivity index (χ0v) is 14.9. The molecule has 0 aliphatic rings. The van der Waals surface area contributed by atoms with Crippen molar-refractivity contribution in [3.63, 3.8) is 0 Å². The van der Waals surface area contributed by atoms with Crippen LogP contribution in [0, 0.1) is 0 Å². The average Bonchev–Trinajstić information content (AvgIpc) is 3.33. The van der Waals surface area contributed by atoms with E-state index in [1.807, 2.05) is 18.2 Å². The molecule has 5 nitrogen and oxygen atoms in total. The van der Waals surface area contributed by atoms with E-state index < -0.39 is 9.84 Å². The maximum absolute atomic E-state index is 13.5. The minimum absolute atomic E-state index is 0.179. The van der Waals surface area contributed by atoms with Gasteiger partial charge in [0.1, 0.15) is 16.1 Å². The van der Waals surface area contributed by atoms with Crippen molar-refractivity contribution in [2.75, 3.05) is 0 Å². The quantitative estimate of drug-likeness (QED) is 0.492. The molecule has 1 N–H and O–H groups in total.